The van der Waals surface area contributed by atoms with Crippen molar-refractivity contribution < 1.29 is 18.0 Å². The maximum atomic E-state index is 12.2. The van der Waals surface area contributed by atoms with Gasteiger partial charge in [0.2, 0.25) is 5.91 Å². The SMILES string of the molecule is O=C(CC(F)(F)F)NNc1nncc(N2CCC(c3ccccc3)CC2)c1Cl. The number of nitrogens with zero attached hydrogens (tertiary/aromatic N) is 3. The van der Waals surface area contributed by atoms with Crippen LogP contribution in [0.1, 0.15) is 30.7 Å². The first-order chi connectivity index (χ1) is 13.3. The van der Waals surface area contributed by atoms with Gasteiger partial charge in [-0.25, -0.2) is 0 Å². The first-order valence-electron chi connectivity index (χ1n) is 8.76. The number of piperidine rings is 1. The van der Waals surface area contributed by atoms with Gasteiger partial charge in [0.1, 0.15) is 11.4 Å². The average Bonchev–Trinajstić information content (AvgIpc) is 2.67. The molecule has 150 valence electrons. The topological polar surface area (TPSA) is 70.1 Å². The van der Waals surface area contributed by atoms with Crippen molar-refractivity contribution in [3.63, 3.8) is 0 Å². The molecule has 0 saturated carbocycles. The van der Waals surface area contributed by atoms with E-state index < -0.39 is 18.5 Å². The van der Waals surface area contributed by atoms with Gasteiger partial charge >= 0.3 is 6.18 Å². The monoisotopic (exact) mass is 413 g/mol. The number of hydrazine groups is 1. The molecule has 2 heterocycles. The molecule has 1 amide bonds. The summed E-state index contributed by atoms with van der Waals surface area (Å²) in [6.45, 7) is 1.51. The Balaban J connectivity index is 1.61. The fraction of sp³-hybridized carbons (Fsp3) is 0.389. The average molecular weight is 414 g/mol. The van der Waals surface area contributed by atoms with Crippen LogP contribution in [0.4, 0.5) is 24.7 Å². The number of aromatic nitrogens is 2. The van der Waals surface area contributed by atoms with E-state index in [1.807, 2.05) is 23.6 Å². The van der Waals surface area contributed by atoms with Crippen molar-refractivity contribution in [3.05, 3.63) is 47.1 Å². The van der Waals surface area contributed by atoms with E-state index >= 15 is 0 Å². The summed E-state index contributed by atoms with van der Waals surface area (Å²) >= 11 is 6.33. The number of rotatable bonds is 5. The van der Waals surface area contributed by atoms with Gasteiger partial charge in [-0.3, -0.25) is 15.6 Å². The Bertz CT molecular complexity index is 811. The molecule has 1 aromatic carbocycles. The van der Waals surface area contributed by atoms with E-state index in [2.05, 4.69) is 32.7 Å². The van der Waals surface area contributed by atoms with Crippen LogP contribution in [0.2, 0.25) is 5.02 Å². The molecular weight excluding hydrogens is 395 g/mol. The highest BCUT2D eigenvalue weighted by atomic mass is 35.5. The van der Waals surface area contributed by atoms with Gasteiger partial charge in [0.15, 0.2) is 5.82 Å². The number of amides is 1. The molecule has 1 fully saturated rings. The highest BCUT2D eigenvalue weighted by Crippen LogP contribution is 2.35. The molecule has 2 N–H and O–H groups in total. The van der Waals surface area contributed by atoms with E-state index in [0.29, 0.717) is 11.6 Å². The number of anilines is 2. The fourth-order valence-electron chi connectivity index (χ4n) is 3.20. The Morgan fingerprint density at radius 1 is 1.21 bits per heavy atom. The van der Waals surface area contributed by atoms with Crippen LogP contribution in [0.3, 0.4) is 0 Å². The second-order valence-electron chi connectivity index (χ2n) is 6.53. The molecule has 1 saturated heterocycles. The van der Waals surface area contributed by atoms with E-state index in [9.17, 15) is 18.0 Å². The highest BCUT2D eigenvalue weighted by molar-refractivity contribution is 6.35. The Morgan fingerprint density at radius 3 is 2.54 bits per heavy atom. The van der Waals surface area contributed by atoms with E-state index in [0.717, 1.165) is 25.9 Å². The number of alkyl halides is 3. The second-order valence-corrected chi connectivity index (χ2v) is 6.91. The Hall–Kier alpha value is -2.55. The molecule has 0 atom stereocenters. The summed E-state index contributed by atoms with van der Waals surface area (Å²) < 4.78 is 36.7. The van der Waals surface area contributed by atoms with Crippen LogP contribution in [0, 0.1) is 0 Å². The van der Waals surface area contributed by atoms with E-state index in [-0.39, 0.29) is 10.8 Å². The van der Waals surface area contributed by atoms with Gasteiger partial charge in [0.25, 0.3) is 0 Å². The summed E-state index contributed by atoms with van der Waals surface area (Å²) in [7, 11) is 0. The molecule has 2 aromatic rings. The molecule has 0 spiro atoms. The van der Waals surface area contributed by atoms with Gasteiger partial charge in [-0.1, -0.05) is 41.9 Å². The molecule has 3 rings (SSSR count). The lowest BCUT2D eigenvalue weighted by Crippen LogP contribution is -2.35. The lowest BCUT2D eigenvalue weighted by molar-refractivity contribution is -0.153. The Morgan fingerprint density at radius 2 is 1.89 bits per heavy atom. The zero-order valence-electron chi connectivity index (χ0n) is 14.8. The summed E-state index contributed by atoms with van der Waals surface area (Å²) in [6.07, 6.45) is -2.81. The predicted octanol–water partition coefficient (Wildman–Crippen LogP) is 3.91. The van der Waals surface area contributed by atoms with Crippen LogP contribution in [-0.4, -0.2) is 35.4 Å². The standard InChI is InChI=1S/C18H19ClF3N5O/c19-16-14(11-23-25-17(16)26-24-15(28)10-18(20,21)22)27-8-6-13(7-9-27)12-4-2-1-3-5-12/h1-5,11,13H,6-10H2,(H,24,28)(H,25,26). The number of carbonyl (C=O) groups is 1. The van der Waals surface area contributed by atoms with E-state index in [1.54, 1.807) is 0 Å². The number of nitrogens with one attached hydrogen (secondary N) is 2. The molecule has 0 radical (unpaired) electrons. The second kappa shape index (κ2) is 8.64. The third kappa shape index (κ3) is 5.25. The van der Waals surface area contributed by atoms with E-state index in [1.165, 1.54) is 11.8 Å². The number of hydrogen-bond donors (Lipinski definition) is 2. The predicted molar refractivity (Wildman–Crippen MR) is 100 cm³/mol. The number of hydrogen-bond acceptors (Lipinski definition) is 5. The largest absolute Gasteiger partial charge is 0.397 e. The van der Waals surface area contributed by atoms with Gasteiger partial charge in [-0.15, -0.1) is 5.10 Å². The van der Waals surface area contributed by atoms with Crippen molar-refractivity contribution in [1.29, 1.82) is 0 Å². The molecule has 6 nitrogen and oxygen atoms in total. The molecule has 10 heteroatoms. The lowest BCUT2D eigenvalue weighted by atomic mass is 9.89. The molecule has 28 heavy (non-hydrogen) atoms. The van der Waals surface area contributed by atoms with Crippen molar-refractivity contribution in [2.45, 2.75) is 31.4 Å². The number of carbonyl (C=O) groups excluding carboxylic acids is 1. The van der Waals surface area contributed by atoms with Gasteiger partial charge in [-0.2, -0.15) is 18.3 Å². The first kappa shape index (κ1) is 20.2. The van der Waals surface area contributed by atoms with E-state index in [4.69, 9.17) is 11.6 Å². The zero-order chi connectivity index (χ0) is 20.1. The van der Waals surface area contributed by atoms with Crippen molar-refractivity contribution >= 4 is 29.0 Å². The maximum absolute atomic E-state index is 12.2. The van der Waals surface area contributed by atoms with Crippen molar-refractivity contribution in [3.8, 4) is 0 Å². The summed E-state index contributed by atoms with van der Waals surface area (Å²) in [4.78, 5) is 13.4. The number of benzene rings is 1. The lowest BCUT2D eigenvalue weighted by Gasteiger charge is -2.34. The van der Waals surface area contributed by atoms with Crippen LogP contribution in [0.15, 0.2) is 36.5 Å². The third-order valence-corrected chi connectivity index (χ3v) is 4.93. The Labute approximate surface area is 165 Å². The summed E-state index contributed by atoms with van der Waals surface area (Å²) in [5, 5.41) is 7.78. The Kier molecular flexibility index (Phi) is 6.23. The summed E-state index contributed by atoms with van der Waals surface area (Å²) in [5.74, 6) is -0.774. The quantitative estimate of drug-likeness (QED) is 0.727. The maximum Gasteiger partial charge on any atom is 0.397 e. The molecule has 1 aliphatic rings. The minimum absolute atomic E-state index is 0.000117. The van der Waals surface area contributed by atoms with Crippen molar-refractivity contribution in [2.24, 2.45) is 0 Å². The minimum atomic E-state index is -4.59. The van der Waals surface area contributed by atoms with Crippen LogP contribution in [-0.2, 0) is 4.79 Å². The van der Waals surface area contributed by atoms with Gasteiger partial charge in [0, 0.05) is 13.1 Å². The van der Waals surface area contributed by atoms with Gasteiger partial charge < -0.3 is 4.90 Å². The summed E-state index contributed by atoms with van der Waals surface area (Å²) in [6, 6.07) is 10.3. The van der Waals surface area contributed by atoms with Crippen molar-refractivity contribution in [2.75, 3.05) is 23.4 Å². The zero-order valence-corrected chi connectivity index (χ0v) is 15.6. The normalized spacial score (nSPS) is 15.4. The molecule has 1 aliphatic heterocycles. The molecule has 0 bridgehead atoms. The van der Waals surface area contributed by atoms with Crippen LogP contribution >= 0.6 is 11.6 Å². The molecule has 0 unspecified atom stereocenters. The third-order valence-electron chi connectivity index (χ3n) is 4.56. The number of halogens is 4. The van der Waals surface area contributed by atoms with Crippen LogP contribution < -0.4 is 15.8 Å². The molecular formula is C18H19ClF3N5O. The first-order valence-corrected chi connectivity index (χ1v) is 9.14. The smallest absolute Gasteiger partial charge is 0.369 e. The minimum Gasteiger partial charge on any atom is -0.369 e. The van der Waals surface area contributed by atoms with Crippen LogP contribution in [0.5, 0.6) is 0 Å². The highest BCUT2D eigenvalue weighted by Gasteiger charge is 2.31. The molecule has 1 aromatic heterocycles. The van der Waals surface area contributed by atoms with Crippen molar-refractivity contribution in [1.82, 2.24) is 15.6 Å². The van der Waals surface area contributed by atoms with Gasteiger partial charge in [0.05, 0.1) is 11.9 Å². The summed E-state index contributed by atoms with van der Waals surface area (Å²) in [5.41, 5.74) is 6.18. The fourth-order valence-corrected chi connectivity index (χ4v) is 3.45. The van der Waals surface area contributed by atoms with Crippen LogP contribution in [0.25, 0.3) is 0 Å². The van der Waals surface area contributed by atoms with Gasteiger partial charge in [-0.05, 0) is 24.3 Å². The molecule has 0 aliphatic carbocycles.